The molecule has 2 aromatic rings. The lowest BCUT2D eigenvalue weighted by atomic mass is 10.1. The maximum atomic E-state index is 9.94. The van der Waals surface area contributed by atoms with Crippen LogP contribution in [0.25, 0.3) is 0 Å². The van der Waals surface area contributed by atoms with Gasteiger partial charge in [-0.05, 0) is 49.4 Å². The van der Waals surface area contributed by atoms with Crippen LogP contribution in [0, 0.1) is 0 Å². The van der Waals surface area contributed by atoms with Crippen LogP contribution in [0.15, 0.2) is 46.9 Å². The SMILES string of the molecule is COc1ccc(N(C)c2ccc(Br)cc2C(C)O)cc1. The standard InChI is InChI=1S/C16H18BrNO2/c1-11(19)15-10-12(17)4-9-16(15)18(2)13-5-7-14(20-3)8-6-13/h4-11,19H,1-3H3. The molecule has 3 nitrogen and oxygen atoms in total. The lowest BCUT2D eigenvalue weighted by Gasteiger charge is -2.24. The van der Waals surface area contributed by atoms with Crippen molar-refractivity contribution >= 4 is 27.3 Å². The average Bonchev–Trinajstić information content (AvgIpc) is 2.46. The zero-order valence-electron chi connectivity index (χ0n) is 11.8. The van der Waals surface area contributed by atoms with Gasteiger partial charge in [0.1, 0.15) is 5.75 Å². The molecule has 2 rings (SSSR count). The fourth-order valence-corrected chi connectivity index (χ4v) is 2.49. The number of aliphatic hydroxyl groups excluding tert-OH is 1. The molecule has 0 bridgehead atoms. The van der Waals surface area contributed by atoms with Crippen molar-refractivity contribution in [1.29, 1.82) is 0 Å². The van der Waals surface area contributed by atoms with Crippen LogP contribution in [-0.4, -0.2) is 19.3 Å². The largest absolute Gasteiger partial charge is 0.497 e. The van der Waals surface area contributed by atoms with Crippen LogP contribution >= 0.6 is 15.9 Å². The summed E-state index contributed by atoms with van der Waals surface area (Å²) in [6, 6.07) is 13.7. The fraction of sp³-hybridized carbons (Fsp3) is 0.250. The molecule has 0 aromatic heterocycles. The Balaban J connectivity index is 2.39. The van der Waals surface area contributed by atoms with Gasteiger partial charge in [-0.3, -0.25) is 0 Å². The van der Waals surface area contributed by atoms with Gasteiger partial charge in [-0.15, -0.1) is 0 Å². The van der Waals surface area contributed by atoms with Crippen molar-refractivity contribution in [2.45, 2.75) is 13.0 Å². The predicted molar refractivity (Wildman–Crippen MR) is 85.8 cm³/mol. The van der Waals surface area contributed by atoms with E-state index in [2.05, 4.69) is 15.9 Å². The predicted octanol–water partition coefficient (Wildman–Crippen LogP) is 4.28. The van der Waals surface area contributed by atoms with E-state index in [1.54, 1.807) is 14.0 Å². The Morgan fingerprint density at radius 3 is 2.35 bits per heavy atom. The highest BCUT2D eigenvalue weighted by Crippen LogP contribution is 2.33. The van der Waals surface area contributed by atoms with Crippen molar-refractivity contribution in [3.05, 3.63) is 52.5 Å². The Morgan fingerprint density at radius 1 is 1.15 bits per heavy atom. The van der Waals surface area contributed by atoms with E-state index in [4.69, 9.17) is 4.74 Å². The van der Waals surface area contributed by atoms with E-state index < -0.39 is 6.10 Å². The van der Waals surface area contributed by atoms with Crippen molar-refractivity contribution in [2.75, 3.05) is 19.1 Å². The van der Waals surface area contributed by atoms with Crippen molar-refractivity contribution < 1.29 is 9.84 Å². The summed E-state index contributed by atoms with van der Waals surface area (Å²) in [4.78, 5) is 2.05. The summed E-state index contributed by atoms with van der Waals surface area (Å²) < 4.78 is 6.13. The van der Waals surface area contributed by atoms with Crippen LogP contribution in [0.1, 0.15) is 18.6 Å². The maximum Gasteiger partial charge on any atom is 0.119 e. The summed E-state index contributed by atoms with van der Waals surface area (Å²) in [5.41, 5.74) is 2.90. The van der Waals surface area contributed by atoms with Gasteiger partial charge >= 0.3 is 0 Å². The van der Waals surface area contributed by atoms with E-state index in [1.165, 1.54) is 0 Å². The first-order valence-corrected chi connectivity index (χ1v) is 7.17. The number of hydrogen-bond donors (Lipinski definition) is 1. The van der Waals surface area contributed by atoms with Gasteiger partial charge < -0.3 is 14.7 Å². The number of aliphatic hydroxyl groups is 1. The first-order valence-electron chi connectivity index (χ1n) is 6.38. The van der Waals surface area contributed by atoms with Gasteiger partial charge in [0.05, 0.1) is 13.2 Å². The number of halogens is 1. The third kappa shape index (κ3) is 3.14. The van der Waals surface area contributed by atoms with Gasteiger partial charge in [0.2, 0.25) is 0 Å². The molecule has 0 fully saturated rings. The highest BCUT2D eigenvalue weighted by molar-refractivity contribution is 9.10. The minimum absolute atomic E-state index is 0.525. The minimum Gasteiger partial charge on any atom is -0.497 e. The lowest BCUT2D eigenvalue weighted by molar-refractivity contribution is 0.199. The maximum absolute atomic E-state index is 9.94. The Hall–Kier alpha value is -1.52. The van der Waals surface area contributed by atoms with Gasteiger partial charge in [0, 0.05) is 28.5 Å². The number of nitrogens with zero attached hydrogens (tertiary/aromatic N) is 1. The summed E-state index contributed by atoms with van der Waals surface area (Å²) in [6.07, 6.45) is -0.525. The summed E-state index contributed by atoms with van der Waals surface area (Å²) >= 11 is 3.44. The molecule has 0 saturated heterocycles. The number of hydrogen-bond acceptors (Lipinski definition) is 3. The second kappa shape index (κ2) is 6.29. The van der Waals surface area contributed by atoms with Gasteiger partial charge in [-0.2, -0.15) is 0 Å². The Bertz CT molecular complexity index is 582. The molecule has 106 valence electrons. The van der Waals surface area contributed by atoms with Gasteiger partial charge in [-0.25, -0.2) is 0 Å². The van der Waals surface area contributed by atoms with Crippen LogP contribution in [0.2, 0.25) is 0 Å². The summed E-state index contributed by atoms with van der Waals surface area (Å²) in [7, 11) is 3.63. The first-order chi connectivity index (χ1) is 9.52. The summed E-state index contributed by atoms with van der Waals surface area (Å²) in [5, 5.41) is 9.94. The number of anilines is 2. The molecule has 0 spiro atoms. The van der Waals surface area contributed by atoms with Crippen LogP contribution < -0.4 is 9.64 Å². The van der Waals surface area contributed by atoms with Crippen LogP contribution in [0.5, 0.6) is 5.75 Å². The second-order valence-electron chi connectivity index (χ2n) is 4.64. The first kappa shape index (κ1) is 14.9. The van der Waals surface area contributed by atoms with Crippen molar-refractivity contribution in [1.82, 2.24) is 0 Å². The van der Waals surface area contributed by atoms with Crippen LogP contribution in [-0.2, 0) is 0 Å². The quantitative estimate of drug-likeness (QED) is 0.905. The van der Waals surface area contributed by atoms with Crippen molar-refractivity contribution in [3.63, 3.8) is 0 Å². The van der Waals surface area contributed by atoms with Crippen LogP contribution in [0.4, 0.5) is 11.4 Å². The van der Waals surface area contributed by atoms with Crippen molar-refractivity contribution in [2.24, 2.45) is 0 Å². The van der Waals surface area contributed by atoms with Crippen LogP contribution in [0.3, 0.4) is 0 Å². The topological polar surface area (TPSA) is 32.7 Å². The molecule has 0 heterocycles. The highest BCUT2D eigenvalue weighted by Gasteiger charge is 2.13. The zero-order valence-corrected chi connectivity index (χ0v) is 13.4. The molecule has 2 aromatic carbocycles. The Morgan fingerprint density at radius 2 is 1.80 bits per heavy atom. The molecule has 0 aliphatic rings. The second-order valence-corrected chi connectivity index (χ2v) is 5.55. The molecule has 0 amide bonds. The molecule has 0 aliphatic carbocycles. The molecule has 1 N–H and O–H groups in total. The molecule has 0 aliphatic heterocycles. The molecule has 1 atom stereocenters. The highest BCUT2D eigenvalue weighted by atomic mass is 79.9. The third-order valence-electron chi connectivity index (χ3n) is 3.26. The van der Waals surface area contributed by atoms with E-state index in [9.17, 15) is 5.11 Å². The zero-order chi connectivity index (χ0) is 14.7. The Labute approximate surface area is 127 Å². The number of methoxy groups -OCH3 is 1. The monoisotopic (exact) mass is 335 g/mol. The summed E-state index contributed by atoms with van der Waals surface area (Å²) in [6.45, 7) is 1.77. The van der Waals surface area contributed by atoms with E-state index >= 15 is 0 Å². The number of rotatable bonds is 4. The molecule has 0 radical (unpaired) electrons. The molecule has 0 saturated carbocycles. The molecular formula is C16H18BrNO2. The number of benzene rings is 2. The summed E-state index contributed by atoms with van der Waals surface area (Å²) in [5.74, 6) is 0.828. The lowest BCUT2D eigenvalue weighted by Crippen LogP contribution is -2.12. The fourth-order valence-electron chi connectivity index (χ4n) is 2.11. The van der Waals surface area contributed by atoms with Crippen molar-refractivity contribution in [3.8, 4) is 5.75 Å². The molecule has 20 heavy (non-hydrogen) atoms. The van der Waals surface area contributed by atoms with E-state index in [0.717, 1.165) is 27.2 Å². The minimum atomic E-state index is -0.525. The third-order valence-corrected chi connectivity index (χ3v) is 3.75. The molecular weight excluding hydrogens is 318 g/mol. The molecule has 4 heteroatoms. The Kier molecular flexibility index (Phi) is 4.68. The van der Waals surface area contributed by atoms with E-state index in [-0.39, 0.29) is 0 Å². The van der Waals surface area contributed by atoms with E-state index in [1.807, 2.05) is 54.4 Å². The average molecular weight is 336 g/mol. The normalized spacial score (nSPS) is 12.1. The molecule has 1 unspecified atom stereocenters. The van der Waals surface area contributed by atoms with Gasteiger partial charge in [0.15, 0.2) is 0 Å². The van der Waals surface area contributed by atoms with Gasteiger partial charge in [0.25, 0.3) is 0 Å². The van der Waals surface area contributed by atoms with Gasteiger partial charge in [-0.1, -0.05) is 15.9 Å². The smallest absolute Gasteiger partial charge is 0.119 e. The van der Waals surface area contributed by atoms with E-state index in [0.29, 0.717) is 0 Å². The number of ether oxygens (including phenoxy) is 1.